The largest absolute Gasteiger partial charge is 0.300 e. The molecule has 1 unspecified atom stereocenters. The van der Waals surface area contributed by atoms with Gasteiger partial charge >= 0.3 is 0 Å². The number of aryl methyl sites for hydroxylation is 1. The number of hydrogen-bond donors (Lipinski definition) is 1. The zero-order valence-corrected chi connectivity index (χ0v) is 14.2. The molecule has 0 aromatic heterocycles. The molecule has 0 radical (unpaired) electrons. The van der Waals surface area contributed by atoms with Crippen molar-refractivity contribution in [3.05, 3.63) is 83.5 Å². The molecule has 22 heavy (non-hydrogen) atoms. The summed E-state index contributed by atoms with van der Waals surface area (Å²) in [6.07, 6.45) is 13.1. The third-order valence-electron chi connectivity index (χ3n) is 3.85. The van der Waals surface area contributed by atoms with E-state index >= 15 is 0 Å². The second-order valence-corrected chi connectivity index (χ2v) is 5.50. The fourth-order valence-electron chi connectivity index (χ4n) is 2.27. The molecule has 116 valence electrons. The van der Waals surface area contributed by atoms with Gasteiger partial charge in [-0.1, -0.05) is 54.2 Å². The Hall–Kier alpha value is -2.15. The fourth-order valence-corrected chi connectivity index (χ4v) is 2.27. The summed E-state index contributed by atoms with van der Waals surface area (Å²) in [7, 11) is 0. The molecule has 1 aromatic rings. The van der Waals surface area contributed by atoms with Crippen LogP contribution in [0.5, 0.6) is 0 Å². The van der Waals surface area contributed by atoms with Gasteiger partial charge < -0.3 is 5.41 Å². The molecule has 0 spiro atoms. The van der Waals surface area contributed by atoms with Crippen molar-refractivity contribution in [2.75, 3.05) is 0 Å². The summed E-state index contributed by atoms with van der Waals surface area (Å²) < 4.78 is 0. The lowest BCUT2D eigenvalue weighted by atomic mass is 9.91. The number of benzene rings is 1. The van der Waals surface area contributed by atoms with Crippen LogP contribution in [-0.2, 0) is 0 Å². The molecule has 1 heteroatoms. The smallest absolute Gasteiger partial charge is 0.0614 e. The Balaban J connectivity index is 3.00. The Kier molecular flexibility index (Phi) is 7.31. The maximum Gasteiger partial charge on any atom is 0.0614 e. The van der Waals surface area contributed by atoms with E-state index in [0.29, 0.717) is 11.6 Å². The van der Waals surface area contributed by atoms with Gasteiger partial charge in [-0.05, 0) is 51.3 Å². The van der Waals surface area contributed by atoms with Crippen molar-refractivity contribution >= 4 is 5.71 Å². The summed E-state index contributed by atoms with van der Waals surface area (Å²) in [5, 5.41) is 8.23. The molecule has 0 bridgehead atoms. The van der Waals surface area contributed by atoms with E-state index in [1.165, 1.54) is 5.56 Å². The quantitative estimate of drug-likeness (QED) is 0.356. The first-order chi connectivity index (χ1) is 10.5. The van der Waals surface area contributed by atoms with Crippen LogP contribution in [0.1, 0.15) is 49.8 Å². The summed E-state index contributed by atoms with van der Waals surface area (Å²) >= 11 is 0. The minimum atomic E-state index is 0.332. The van der Waals surface area contributed by atoms with Gasteiger partial charge in [0.05, 0.1) is 5.71 Å². The molecular weight excluding hydrogens is 266 g/mol. The van der Waals surface area contributed by atoms with Gasteiger partial charge in [-0.15, -0.1) is 6.58 Å². The van der Waals surface area contributed by atoms with Gasteiger partial charge in [0.1, 0.15) is 0 Å². The summed E-state index contributed by atoms with van der Waals surface area (Å²) in [6.45, 7) is 12.1. The number of nitrogens with one attached hydrogen (secondary N) is 1. The lowest BCUT2D eigenvalue weighted by Gasteiger charge is -2.13. The molecule has 1 nitrogen and oxygen atoms in total. The van der Waals surface area contributed by atoms with Crippen LogP contribution >= 0.6 is 0 Å². The maximum atomic E-state index is 8.23. The molecule has 0 saturated heterocycles. The summed E-state index contributed by atoms with van der Waals surface area (Å²) in [5.74, 6) is 0.332. The minimum absolute atomic E-state index is 0.332. The van der Waals surface area contributed by atoms with E-state index < -0.39 is 0 Å². The highest BCUT2D eigenvalue weighted by atomic mass is 14.4. The highest BCUT2D eigenvalue weighted by Gasteiger charge is 2.09. The number of allylic oxidation sites excluding steroid dienone is 7. The van der Waals surface area contributed by atoms with Gasteiger partial charge in [-0.2, -0.15) is 0 Å². The van der Waals surface area contributed by atoms with Gasteiger partial charge in [-0.3, -0.25) is 0 Å². The van der Waals surface area contributed by atoms with E-state index in [1.54, 1.807) is 0 Å². The first kappa shape index (κ1) is 17.9. The SMILES string of the molecule is C=CC(C/C=C/C)c1ccc(C(=N)/C=C\C(C)=C\C)c(C)c1. The molecule has 1 atom stereocenters. The summed E-state index contributed by atoms with van der Waals surface area (Å²) in [4.78, 5) is 0. The van der Waals surface area contributed by atoms with Gasteiger partial charge in [0.25, 0.3) is 0 Å². The highest BCUT2D eigenvalue weighted by molar-refractivity contribution is 6.07. The van der Waals surface area contributed by atoms with Gasteiger partial charge in [-0.25, -0.2) is 0 Å². The molecule has 0 saturated carbocycles. The van der Waals surface area contributed by atoms with Crippen LogP contribution in [0.25, 0.3) is 0 Å². The van der Waals surface area contributed by atoms with Crippen molar-refractivity contribution in [3.8, 4) is 0 Å². The Morgan fingerprint density at radius 1 is 1.27 bits per heavy atom. The van der Waals surface area contributed by atoms with Crippen LogP contribution in [0, 0.1) is 12.3 Å². The van der Waals surface area contributed by atoms with Crippen LogP contribution in [0.3, 0.4) is 0 Å². The topological polar surface area (TPSA) is 23.9 Å². The zero-order chi connectivity index (χ0) is 16.5. The summed E-state index contributed by atoms with van der Waals surface area (Å²) in [6, 6.07) is 6.34. The van der Waals surface area contributed by atoms with E-state index in [0.717, 1.165) is 23.1 Å². The van der Waals surface area contributed by atoms with Gasteiger partial charge in [0.15, 0.2) is 0 Å². The molecule has 1 aromatic carbocycles. The molecule has 0 amide bonds. The van der Waals surface area contributed by atoms with Gasteiger partial charge in [0.2, 0.25) is 0 Å². The first-order valence-corrected chi connectivity index (χ1v) is 7.77. The second-order valence-electron chi connectivity index (χ2n) is 5.50. The number of rotatable bonds is 7. The first-order valence-electron chi connectivity index (χ1n) is 7.77. The van der Waals surface area contributed by atoms with Crippen molar-refractivity contribution in [3.63, 3.8) is 0 Å². The van der Waals surface area contributed by atoms with Crippen molar-refractivity contribution in [1.29, 1.82) is 5.41 Å². The third kappa shape index (κ3) is 5.00. The van der Waals surface area contributed by atoms with Gasteiger partial charge in [0, 0.05) is 11.5 Å². The minimum Gasteiger partial charge on any atom is -0.300 e. The van der Waals surface area contributed by atoms with E-state index in [9.17, 15) is 0 Å². The second kappa shape index (κ2) is 8.99. The molecular formula is C21H27N. The van der Waals surface area contributed by atoms with Crippen molar-refractivity contribution in [2.45, 2.75) is 40.0 Å². The molecule has 1 N–H and O–H groups in total. The lowest BCUT2D eigenvalue weighted by Crippen LogP contribution is -2.01. The maximum absolute atomic E-state index is 8.23. The molecule has 0 fully saturated rings. The van der Waals surface area contributed by atoms with Crippen LogP contribution in [0.4, 0.5) is 0 Å². The monoisotopic (exact) mass is 293 g/mol. The van der Waals surface area contributed by atoms with Crippen molar-refractivity contribution < 1.29 is 0 Å². The Bertz CT molecular complexity index is 615. The summed E-state index contributed by atoms with van der Waals surface area (Å²) in [5.41, 5.74) is 5.09. The molecule has 1 rings (SSSR count). The van der Waals surface area contributed by atoms with Crippen molar-refractivity contribution in [1.82, 2.24) is 0 Å². The van der Waals surface area contributed by atoms with Crippen LogP contribution in [-0.4, -0.2) is 5.71 Å². The normalized spacial score (nSPS) is 13.7. The van der Waals surface area contributed by atoms with Crippen molar-refractivity contribution in [2.24, 2.45) is 0 Å². The van der Waals surface area contributed by atoms with Crippen LogP contribution < -0.4 is 0 Å². The molecule has 0 aliphatic rings. The average Bonchev–Trinajstić information content (AvgIpc) is 2.53. The molecule has 0 heterocycles. The number of hydrogen-bond acceptors (Lipinski definition) is 1. The van der Waals surface area contributed by atoms with E-state index in [2.05, 4.69) is 43.9 Å². The Labute approximate surface area is 135 Å². The Morgan fingerprint density at radius 3 is 2.55 bits per heavy atom. The van der Waals surface area contributed by atoms with Crippen LogP contribution in [0.2, 0.25) is 0 Å². The molecule has 0 aliphatic carbocycles. The average molecular weight is 293 g/mol. The fraction of sp³-hybridized carbons (Fsp3) is 0.286. The van der Waals surface area contributed by atoms with E-state index in [-0.39, 0.29) is 0 Å². The third-order valence-corrected chi connectivity index (χ3v) is 3.85. The lowest BCUT2D eigenvalue weighted by molar-refractivity contribution is 0.863. The van der Waals surface area contributed by atoms with Crippen LogP contribution in [0.15, 0.2) is 66.8 Å². The zero-order valence-electron chi connectivity index (χ0n) is 14.2. The van der Waals surface area contributed by atoms with E-state index in [4.69, 9.17) is 5.41 Å². The standard InChI is InChI=1S/C21H27N/c1-6-9-10-18(8-3)19-12-13-20(17(5)15-19)21(22)14-11-16(4)7-2/h6-9,11-15,18,22H,3,10H2,1-2,4-5H3/b9-6+,14-11-,16-7+,22-21?. The Morgan fingerprint density at radius 2 is 2.00 bits per heavy atom. The predicted octanol–water partition coefficient (Wildman–Crippen LogP) is 6.12. The highest BCUT2D eigenvalue weighted by Crippen LogP contribution is 2.24. The molecule has 0 aliphatic heterocycles. The predicted molar refractivity (Wildman–Crippen MR) is 98.9 cm³/mol. The van der Waals surface area contributed by atoms with E-state index in [1.807, 2.05) is 45.1 Å².